The summed E-state index contributed by atoms with van der Waals surface area (Å²) < 4.78 is 0. The number of nitrogens with one attached hydrogen (secondary N) is 2. The molecule has 0 bridgehead atoms. The van der Waals surface area contributed by atoms with Crippen molar-refractivity contribution < 1.29 is 0 Å². The summed E-state index contributed by atoms with van der Waals surface area (Å²) in [6.45, 7) is 2.35. The second-order valence-corrected chi connectivity index (χ2v) is 6.21. The van der Waals surface area contributed by atoms with Gasteiger partial charge in [0, 0.05) is 18.1 Å². The Labute approximate surface area is 112 Å². The summed E-state index contributed by atoms with van der Waals surface area (Å²) >= 11 is 0. The number of hydrogen-bond acceptors (Lipinski definition) is 3. The number of rotatable bonds is 6. The van der Waals surface area contributed by atoms with Crippen LogP contribution in [0.25, 0.3) is 0 Å². The average molecular weight is 253 g/mol. The topological polar surface area (TPSA) is 50.1 Å². The standard InChI is InChI=1S/C15H31N3/c16-13-7-9-15(10-8-13)18-12-4-11-17-14-5-2-1-3-6-14/h13-15,17-18H,1-12,16H2/t13-,15-. The SMILES string of the molecule is N[C@H]1CC[C@H](NCCCNC2CCCCC2)CC1. The smallest absolute Gasteiger partial charge is 0.00682 e. The van der Waals surface area contributed by atoms with Crippen molar-refractivity contribution >= 4 is 0 Å². The van der Waals surface area contributed by atoms with E-state index in [-0.39, 0.29) is 0 Å². The third-order valence-corrected chi connectivity index (χ3v) is 4.60. The summed E-state index contributed by atoms with van der Waals surface area (Å²) in [5.74, 6) is 0. The maximum atomic E-state index is 5.92. The Kier molecular flexibility index (Phi) is 6.46. The number of hydrogen-bond donors (Lipinski definition) is 3. The van der Waals surface area contributed by atoms with Gasteiger partial charge in [0.25, 0.3) is 0 Å². The van der Waals surface area contributed by atoms with Crippen LogP contribution in [0.1, 0.15) is 64.2 Å². The van der Waals surface area contributed by atoms with Crippen molar-refractivity contribution in [2.45, 2.75) is 82.3 Å². The second kappa shape index (κ2) is 8.13. The molecule has 106 valence electrons. The van der Waals surface area contributed by atoms with Crippen LogP contribution in [0.15, 0.2) is 0 Å². The maximum absolute atomic E-state index is 5.92. The van der Waals surface area contributed by atoms with Gasteiger partial charge < -0.3 is 16.4 Å². The van der Waals surface area contributed by atoms with Gasteiger partial charge in [-0.15, -0.1) is 0 Å². The third-order valence-electron chi connectivity index (χ3n) is 4.60. The van der Waals surface area contributed by atoms with Crippen molar-refractivity contribution in [1.29, 1.82) is 0 Å². The van der Waals surface area contributed by atoms with Gasteiger partial charge in [0.15, 0.2) is 0 Å². The lowest BCUT2D eigenvalue weighted by Gasteiger charge is -2.27. The highest BCUT2D eigenvalue weighted by atomic mass is 14.9. The Hall–Kier alpha value is -0.120. The fourth-order valence-electron chi connectivity index (χ4n) is 3.33. The molecule has 2 aliphatic rings. The minimum atomic E-state index is 0.469. The van der Waals surface area contributed by atoms with E-state index in [0.29, 0.717) is 6.04 Å². The monoisotopic (exact) mass is 253 g/mol. The molecule has 0 unspecified atom stereocenters. The van der Waals surface area contributed by atoms with Crippen LogP contribution in [0.5, 0.6) is 0 Å². The molecule has 0 aromatic heterocycles. The van der Waals surface area contributed by atoms with Crippen molar-refractivity contribution in [2.24, 2.45) is 5.73 Å². The van der Waals surface area contributed by atoms with Gasteiger partial charge in [-0.2, -0.15) is 0 Å². The van der Waals surface area contributed by atoms with E-state index in [1.165, 1.54) is 77.3 Å². The zero-order valence-electron chi connectivity index (χ0n) is 11.8. The van der Waals surface area contributed by atoms with Crippen molar-refractivity contribution in [3.63, 3.8) is 0 Å². The fraction of sp³-hybridized carbons (Fsp3) is 1.00. The summed E-state index contributed by atoms with van der Waals surface area (Å²) in [4.78, 5) is 0. The molecule has 4 N–H and O–H groups in total. The molecule has 0 aromatic carbocycles. The van der Waals surface area contributed by atoms with Gasteiger partial charge in [0.2, 0.25) is 0 Å². The molecule has 0 amide bonds. The second-order valence-electron chi connectivity index (χ2n) is 6.21. The Morgan fingerprint density at radius 3 is 1.89 bits per heavy atom. The van der Waals surface area contributed by atoms with Crippen molar-refractivity contribution in [3.8, 4) is 0 Å². The Bertz CT molecular complexity index is 206. The Morgan fingerprint density at radius 2 is 1.28 bits per heavy atom. The van der Waals surface area contributed by atoms with Crippen LogP contribution in [0.3, 0.4) is 0 Å². The molecule has 0 spiro atoms. The van der Waals surface area contributed by atoms with Gasteiger partial charge in [-0.3, -0.25) is 0 Å². The summed E-state index contributed by atoms with van der Waals surface area (Å²) in [6.07, 6.45) is 13.3. The highest BCUT2D eigenvalue weighted by Crippen LogP contribution is 2.18. The summed E-state index contributed by atoms with van der Waals surface area (Å²) in [7, 11) is 0. The van der Waals surface area contributed by atoms with Crippen LogP contribution in [-0.2, 0) is 0 Å². The molecule has 18 heavy (non-hydrogen) atoms. The average Bonchev–Trinajstić information content (AvgIpc) is 2.42. The molecular formula is C15H31N3. The first kappa shape index (κ1) is 14.3. The van der Waals surface area contributed by atoms with E-state index in [2.05, 4.69) is 10.6 Å². The molecule has 0 aromatic rings. The Balaban J connectivity index is 1.43. The van der Waals surface area contributed by atoms with Gasteiger partial charge in [0.05, 0.1) is 0 Å². The van der Waals surface area contributed by atoms with E-state index in [9.17, 15) is 0 Å². The lowest BCUT2D eigenvalue weighted by molar-refractivity contribution is 0.335. The van der Waals surface area contributed by atoms with Gasteiger partial charge in [0.1, 0.15) is 0 Å². The quantitative estimate of drug-likeness (QED) is 0.636. The zero-order chi connectivity index (χ0) is 12.6. The molecule has 0 aliphatic heterocycles. The Morgan fingerprint density at radius 1 is 0.722 bits per heavy atom. The molecule has 0 heterocycles. The summed E-state index contributed by atoms with van der Waals surface area (Å²) in [6, 6.07) is 2.02. The van der Waals surface area contributed by atoms with Crippen LogP contribution in [0, 0.1) is 0 Å². The molecular weight excluding hydrogens is 222 g/mol. The van der Waals surface area contributed by atoms with Crippen LogP contribution in [0.4, 0.5) is 0 Å². The van der Waals surface area contributed by atoms with Gasteiger partial charge in [-0.05, 0) is 58.0 Å². The first-order chi connectivity index (χ1) is 8.84. The van der Waals surface area contributed by atoms with Crippen LogP contribution in [-0.4, -0.2) is 31.2 Å². The lowest BCUT2D eigenvalue weighted by atomic mass is 9.92. The van der Waals surface area contributed by atoms with E-state index in [1.54, 1.807) is 0 Å². The summed E-state index contributed by atoms with van der Waals surface area (Å²) in [5.41, 5.74) is 5.92. The minimum Gasteiger partial charge on any atom is -0.328 e. The van der Waals surface area contributed by atoms with E-state index in [0.717, 1.165) is 12.1 Å². The van der Waals surface area contributed by atoms with Crippen LogP contribution < -0.4 is 16.4 Å². The normalized spacial score (nSPS) is 30.5. The minimum absolute atomic E-state index is 0.469. The third kappa shape index (κ3) is 5.25. The molecule has 3 heteroatoms. The van der Waals surface area contributed by atoms with E-state index in [1.807, 2.05) is 0 Å². The zero-order valence-corrected chi connectivity index (χ0v) is 11.8. The van der Waals surface area contributed by atoms with E-state index in [4.69, 9.17) is 5.73 Å². The van der Waals surface area contributed by atoms with Gasteiger partial charge in [-0.1, -0.05) is 19.3 Å². The van der Waals surface area contributed by atoms with E-state index < -0.39 is 0 Å². The molecule has 0 saturated heterocycles. The molecule has 2 fully saturated rings. The van der Waals surface area contributed by atoms with Crippen LogP contribution >= 0.6 is 0 Å². The molecule has 2 saturated carbocycles. The molecule has 2 rings (SSSR count). The first-order valence-electron chi connectivity index (χ1n) is 8.07. The largest absolute Gasteiger partial charge is 0.328 e. The maximum Gasteiger partial charge on any atom is 0.00682 e. The van der Waals surface area contributed by atoms with Crippen molar-refractivity contribution in [3.05, 3.63) is 0 Å². The van der Waals surface area contributed by atoms with Gasteiger partial charge in [-0.25, -0.2) is 0 Å². The number of nitrogens with two attached hydrogens (primary N) is 1. The predicted molar refractivity (Wildman–Crippen MR) is 77.7 cm³/mol. The summed E-state index contributed by atoms with van der Waals surface area (Å²) in [5, 5.41) is 7.39. The van der Waals surface area contributed by atoms with Crippen molar-refractivity contribution in [2.75, 3.05) is 13.1 Å². The van der Waals surface area contributed by atoms with Crippen molar-refractivity contribution in [1.82, 2.24) is 10.6 Å². The molecule has 0 radical (unpaired) electrons. The van der Waals surface area contributed by atoms with Crippen LogP contribution in [0.2, 0.25) is 0 Å². The van der Waals surface area contributed by atoms with E-state index >= 15 is 0 Å². The molecule has 0 atom stereocenters. The molecule has 2 aliphatic carbocycles. The fourth-order valence-corrected chi connectivity index (χ4v) is 3.33. The first-order valence-corrected chi connectivity index (χ1v) is 8.07. The molecule has 3 nitrogen and oxygen atoms in total. The highest BCUT2D eigenvalue weighted by molar-refractivity contribution is 4.79. The predicted octanol–water partition coefficient (Wildman–Crippen LogP) is 2.16. The van der Waals surface area contributed by atoms with Gasteiger partial charge >= 0.3 is 0 Å². The highest BCUT2D eigenvalue weighted by Gasteiger charge is 2.17. The lowest BCUT2D eigenvalue weighted by Crippen LogP contribution is -2.39.